The maximum atomic E-state index is 12.5. The maximum absolute atomic E-state index is 12.5. The van der Waals surface area contributed by atoms with E-state index in [2.05, 4.69) is 32.1 Å². The van der Waals surface area contributed by atoms with E-state index in [1.807, 2.05) is 6.08 Å². The number of unbranched alkanes of at least 4 members (excludes halogenated alkanes) is 14. The highest BCUT2D eigenvalue weighted by molar-refractivity contribution is 7.47. The smallest absolute Gasteiger partial charge is 0.462 e. The molecule has 0 spiro atoms. The summed E-state index contributed by atoms with van der Waals surface area (Å²) in [4.78, 5) is 34.7. The van der Waals surface area contributed by atoms with Gasteiger partial charge in [-0.1, -0.05) is 109 Å². The average molecular weight is 720 g/mol. The summed E-state index contributed by atoms with van der Waals surface area (Å²) in [6.45, 7) is 3.42. The number of nitrogens with two attached hydrogens (primary N) is 1. The van der Waals surface area contributed by atoms with Gasteiger partial charge in [0.1, 0.15) is 6.61 Å². The average Bonchev–Trinajstić information content (AvgIpc) is 3.08. The van der Waals surface area contributed by atoms with Crippen LogP contribution in [0.2, 0.25) is 0 Å². The summed E-state index contributed by atoms with van der Waals surface area (Å²) >= 11 is 0. The minimum absolute atomic E-state index is 0.0296. The van der Waals surface area contributed by atoms with Crippen molar-refractivity contribution in [2.45, 2.75) is 173 Å². The molecule has 0 bridgehead atoms. The van der Waals surface area contributed by atoms with E-state index in [4.69, 9.17) is 24.3 Å². The monoisotopic (exact) mass is 719 g/mol. The first-order valence-corrected chi connectivity index (χ1v) is 20.5. The summed E-state index contributed by atoms with van der Waals surface area (Å²) in [7, 11) is -4.40. The van der Waals surface area contributed by atoms with E-state index in [0.717, 1.165) is 77.0 Å². The van der Waals surface area contributed by atoms with Crippen molar-refractivity contribution in [3.8, 4) is 0 Å². The van der Waals surface area contributed by atoms with Gasteiger partial charge in [-0.3, -0.25) is 18.6 Å². The third kappa shape index (κ3) is 32.1. The zero-order valence-corrected chi connectivity index (χ0v) is 31.5. The van der Waals surface area contributed by atoms with Crippen LogP contribution in [0.5, 0.6) is 0 Å². The van der Waals surface area contributed by atoms with E-state index >= 15 is 0 Å². The van der Waals surface area contributed by atoms with Gasteiger partial charge >= 0.3 is 19.8 Å². The quantitative estimate of drug-likeness (QED) is 0.0216. The fourth-order valence-corrected chi connectivity index (χ4v) is 5.75. The van der Waals surface area contributed by atoms with Gasteiger partial charge in [0.15, 0.2) is 6.10 Å². The van der Waals surface area contributed by atoms with Crippen LogP contribution in [0, 0.1) is 0 Å². The van der Waals surface area contributed by atoms with Crippen LogP contribution in [0.1, 0.15) is 155 Å². The number of carbonyl (C=O) groups is 2. The molecule has 0 aromatic rings. The lowest BCUT2D eigenvalue weighted by Gasteiger charge is -2.20. The minimum atomic E-state index is -4.40. The molecule has 0 aromatic carbocycles. The van der Waals surface area contributed by atoms with E-state index in [1.165, 1.54) is 25.7 Å². The van der Waals surface area contributed by atoms with Crippen LogP contribution in [-0.4, -0.2) is 71.7 Å². The molecule has 5 N–H and O–H groups in total. The van der Waals surface area contributed by atoms with Crippen LogP contribution >= 0.6 is 7.82 Å². The Hall–Kier alpha value is -1.59. The van der Waals surface area contributed by atoms with Crippen molar-refractivity contribution < 1.29 is 47.8 Å². The van der Waals surface area contributed by atoms with Crippen LogP contribution in [0.3, 0.4) is 0 Å². The van der Waals surface area contributed by atoms with Crippen molar-refractivity contribution in [1.82, 2.24) is 0 Å². The van der Waals surface area contributed by atoms with Crippen molar-refractivity contribution in [3.63, 3.8) is 0 Å². The number of phosphoric acid groups is 1. The summed E-state index contributed by atoms with van der Waals surface area (Å²) in [5, 5.41) is 20.3. The Kier molecular flexibility index (Phi) is 32.5. The number of rotatable bonds is 35. The number of ether oxygens (including phenoxy) is 2. The Morgan fingerprint density at radius 1 is 0.673 bits per heavy atom. The number of hydrogen-bond acceptors (Lipinski definition) is 10. The van der Waals surface area contributed by atoms with E-state index in [9.17, 15) is 29.3 Å². The maximum Gasteiger partial charge on any atom is 0.472 e. The summed E-state index contributed by atoms with van der Waals surface area (Å²) in [5.74, 6) is -0.954. The number of phosphoric ester groups is 1. The number of aliphatic hydroxyl groups excluding tert-OH is 2. The van der Waals surface area contributed by atoms with Gasteiger partial charge in [0.2, 0.25) is 0 Å². The van der Waals surface area contributed by atoms with Crippen LogP contribution in [0.15, 0.2) is 24.3 Å². The van der Waals surface area contributed by atoms with Crippen LogP contribution in [0.4, 0.5) is 0 Å². The van der Waals surface area contributed by atoms with Crippen molar-refractivity contribution >= 4 is 19.8 Å². The summed E-state index contributed by atoms with van der Waals surface area (Å²) in [5.41, 5.74) is 5.31. The van der Waals surface area contributed by atoms with E-state index < -0.39 is 44.7 Å². The number of hydrogen-bond donors (Lipinski definition) is 4. The molecule has 0 amide bonds. The van der Waals surface area contributed by atoms with Gasteiger partial charge in [-0.05, 0) is 57.8 Å². The van der Waals surface area contributed by atoms with Gasteiger partial charge in [0.25, 0.3) is 0 Å². The lowest BCUT2D eigenvalue weighted by molar-refractivity contribution is -0.161. The second kappa shape index (κ2) is 33.5. The molecule has 0 saturated carbocycles. The van der Waals surface area contributed by atoms with Gasteiger partial charge in [-0.15, -0.1) is 0 Å². The number of esters is 2. The van der Waals surface area contributed by atoms with Crippen molar-refractivity contribution in [2.24, 2.45) is 5.73 Å². The van der Waals surface area contributed by atoms with Gasteiger partial charge < -0.3 is 30.3 Å². The van der Waals surface area contributed by atoms with Gasteiger partial charge in [-0.2, -0.15) is 0 Å². The molecule has 12 heteroatoms. The molecule has 0 fully saturated rings. The molecule has 0 saturated heterocycles. The second-order valence-corrected chi connectivity index (χ2v) is 14.2. The highest BCUT2D eigenvalue weighted by Gasteiger charge is 2.26. The highest BCUT2D eigenvalue weighted by atomic mass is 31.2. The highest BCUT2D eigenvalue weighted by Crippen LogP contribution is 2.43. The normalized spacial score (nSPS) is 15.0. The standard InChI is InChI=1S/C37H70NO10P/c1-3-5-7-9-11-12-13-14-15-19-24-28-37(42)48-33(32-47-49(43,44)46-30-29-38)31-45-36(41)27-23-20-16-18-22-26-35(40)34(39)25-21-17-10-8-6-4-2/h9,11,17,21,33-35,39-40H,3-8,10,12-16,18-20,22-32,38H2,1-2H3,(H,43,44)/b11-9-,21-17-/t33-,34-,35-/m1/s1. The molecule has 0 rings (SSSR count). The molecular formula is C37H70NO10P. The molecule has 49 heavy (non-hydrogen) atoms. The molecule has 11 nitrogen and oxygen atoms in total. The van der Waals surface area contributed by atoms with E-state index in [0.29, 0.717) is 25.7 Å². The number of allylic oxidation sites excluding steroid dienone is 3. The Labute approximate surface area is 297 Å². The lowest BCUT2D eigenvalue weighted by Crippen LogP contribution is -2.29. The minimum Gasteiger partial charge on any atom is -0.462 e. The summed E-state index contributed by atoms with van der Waals surface area (Å²) in [6.07, 6.45) is 25.2. The molecule has 0 aromatic heterocycles. The third-order valence-electron chi connectivity index (χ3n) is 8.01. The zero-order valence-electron chi connectivity index (χ0n) is 30.7. The molecule has 1 unspecified atom stereocenters. The fourth-order valence-electron chi connectivity index (χ4n) is 4.99. The summed E-state index contributed by atoms with van der Waals surface area (Å²) in [6, 6.07) is 0. The number of carbonyl (C=O) groups excluding carboxylic acids is 2. The first-order chi connectivity index (χ1) is 23.6. The molecule has 4 atom stereocenters. The van der Waals surface area contributed by atoms with Crippen LogP contribution in [-0.2, 0) is 32.7 Å². The van der Waals surface area contributed by atoms with Crippen molar-refractivity contribution in [3.05, 3.63) is 24.3 Å². The zero-order chi connectivity index (χ0) is 36.4. The first kappa shape index (κ1) is 47.4. The van der Waals surface area contributed by atoms with Gasteiger partial charge in [0.05, 0.1) is 25.4 Å². The van der Waals surface area contributed by atoms with Crippen LogP contribution in [0.25, 0.3) is 0 Å². The van der Waals surface area contributed by atoms with E-state index in [1.54, 1.807) is 0 Å². The van der Waals surface area contributed by atoms with E-state index in [-0.39, 0.29) is 32.6 Å². The van der Waals surface area contributed by atoms with Crippen molar-refractivity contribution in [1.29, 1.82) is 0 Å². The van der Waals surface area contributed by atoms with Gasteiger partial charge in [0, 0.05) is 19.4 Å². The molecule has 0 heterocycles. The first-order valence-electron chi connectivity index (χ1n) is 19.0. The predicted molar refractivity (Wildman–Crippen MR) is 195 cm³/mol. The molecular weight excluding hydrogens is 649 g/mol. The van der Waals surface area contributed by atoms with Crippen LogP contribution < -0.4 is 5.73 Å². The molecule has 0 aliphatic rings. The van der Waals surface area contributed by atoms with Gasteiger partial charge in [-0.25, -0.2) is 4.57 Å². The Balaban J connectivity index is 4.35. The largest absolute Gasteiger partial charge is 0.472 e. The molecule has 0 aliphatic carbocycles. The second-order valence-electron chi connectivity index (χ2n) is 12.7. The lowest BCUT2D eigenvalue weighted by atomic mass is 10.0. The third-order valence-corrected chi connectivity index (χ3v) is 8.99. The SMILES string of the molecule is CCCC/C=C\CCCCCCCC(=O)O[C@H](COC(=O)CCCCCCC[C@@H](O)[C@H](O)C/C=C\CCCCC)COP(=O)(O)OCCN. The Bertz CT molecular complexity index is 900. The fraction of sp³-hybridized carbons (Fsp3) is 0.838. The molecule has 0 aliphatic heterocycles. The molecule has 0 radical (unpaired) electrons. The molecule has 288 valence electrons. The number of aliphatic hydroxyl groups is 2. The Morgan fingerprint density at radius 3 is 1.88 bits per heavy atom. The topological polar surface area (TPSA) is 175 Å². The predicted octanol–water partition coefficient (Wildman–Crippen LogP) is 7.99. The van der Waals surface area contributed by atoms with Crippen molar-refractivity contribution in [2.75, 3.05) is 26.4 Å². The Morgan fingerprint density at radius 2 is 1.22 bits per heavy atom. The summed E-state index contributed by atoms with van der Waals surface area (Å²) < 4.78 is 32.5.